The summed E-state index contributed by atoms with van der Waals surface area (Å²) >= 11 is 3.12. The molecule has 0 aliphatic rings. The molecule has 2 aromatic rings. The Hall–Kier alpha value is -2.48. The van der Waals surface area contributed by atoms with Crippen LogP contribution in [0.3, 0.4) is 0 Å². The minimum absolute atomic E-state index is 0.0556. The lowest BCUT2D eigenvalue weighted by Crippen LogP contribution is -2.03. The van der Waals surface area contributed by atoms with Gasteiger partial charge in [0.25, 0.3) is 0 Å². The van der Waals surface area contributed by atoms with Crippen LogP contribution in [0.15, 0.2) is 35.1 Å². The molecule has 0 fully saturated rings. The number of aromatic carboxylic acids is 1. The first-order chi connectivity index (χ1) is 9.91. The molecule has 0 spiro atoms. The Morgan fingerprint density at radius 3 is 2.71 bits per heavy atom. The fourth-order valence-electron chi connectivity index (χ4n) is 1.70. The van der Waals surface area contributed by atoms with Gasteiger partial charge >= 0.3 is 11.7 Å². The average molecular weight is 353 g/mol. The number of ether oxygens (including phenoxy) is 1. The lowest BCUT2D eigenvalue weighted by molar-refractivity contribution is -0.386. The highest BCUT2D eigenvalue weighted by Gasteiger charge is 2.23. The summed E-state index contributed by atoms with van der Waals surface area (Å²) in [4.78, 5) is 25.3. The SMILES string of the molecule is Cc1cccc(C(=O)O)c1Oc1c(Br)cncc1[N+](=O)[O-]. The molecule has 0 atom stereocenters. The van der Waals surface area contributed by atoms with Gasteiger partial charge in [-0.3, -0.25) is 15.1 Å². The summed E-state index contributed by atoms with van der Waals surface area (Å²) in [6, 6.07) is 4.59. The Bertz CT molecular complexity index is 671. The number of para-hydroxylation sites is 1. The Morgan fingerprint density at radius 1 is 1.38 bits per heavy atom. The third-order valence-electron chi connectivity index (χ3n) is 2.68. The van der Waals surface area contributed by atoms with E-state index in [9.17, 15) is 20.0 Å². The molecule has 0 saturated heterocycles. The van der Waals surface area contributed by atoms with Gasteiger partial charge in [-0.15, -0.1) is 0 Å². The van der Waals surface area contributed by atoms with E-state index in [2.05, 4.69) is 20.9 Å². The second kappa shape index (κ2) is 5.88. The number of carboxylic acid groups (broad SMARTS) is 1. The summed E-state index contributed by atoms with van der Waals surface area (Å²) in [5, 5.41) is 20.2. The summed E-state index contributed by atoms with van der Waals surface area (Å²) in [7, 11) is 0. The summed E-state index contributed by atoms with van der Waals surface area (Å²) in [5.41, 5.74) is 0.116. The summed E-state index contributed by atoms with van der Waals surface area (Å²) in [5.74, 6) is -1.21. The van der Waals surface area contributed by atoms with E-state index in [-0.39, 0.29) is 27.2 Å². The van der Waals surface area contributed by atoms with Crippen molar-refractivity contribution in [1.29, 1.82) is 0 Å². The first kappa shape index (κ1) is 14.9. The molecule has 0 saturated carbocycles. The molecule has 1 aromatic carbocycles. The molecule has 0 amide bonds. The van der Waals surface area contributed by atoms with Gasteiger partial charge in [0.1, 0.15) is 17.5 Å². The molecule has 108 valence electrons. The standard InChI is InChI=1S/C13H9BrN2O5/c1-7-3-2-4-8(13(17)18)11(7)21-12-9(14)5-15-6-10(12)16(19)20/h2-6H,1H3,(H,17,18). The minimum Gasteiger partial charge on any atom is -0.478 e. The van der Waals surface area contributed by atoms with Gasteiger partial charge in [0, 0.05) is 6.20 Å². The van der Waals surface area contributed by atoms with E-state index in [1.165, 1.54) is 12.3 Å². The fourth-order valence-corrected chi connectivity index (χ4v) is 2.10. The molecule has 7 nitrogen and oxygen atoms in total. The number of hydrogen-bond acceptors (Lipinski definition) is 5. The molecule has 1 aromatic heterocycles. The number of carboxylic acids is 1. The van der Waals surface area contributed by atoms with Crippen LogP contribution in [0.4, 0.5) is 5.69 Å². The zero-order valence-corrected chi connectivity index (χ0v) is 12.3. The smallest absolute Gasteiger partial charge is 0.339 e. The van der Waals surface area contributed by atoms with Gasteiger partial charge < -0.3 is 9.84 Å². The molecule has 0 radical (unpaired) electrons. The van der Waals surface area contributed by atoms with Crippen molar-refractivity contribution in [3.05, 3.63) is 56.3 Å². The molecule has 1 heterocycles. The van der Waals surface area contributed by atoms with Crippen LogP contribution < -0.4 is 4.74 Å². The van der Waals surface area contributed by atoms with Crippen LogP contribution in [0, 0.1) is 17.0 Å². The van der Waals surface area contributed by atoms with E-state index in [4.69, 9.17) is 4.74 Å². The Kier molecular flexibility index (Phi) is 4.18. The molecule has 8 heteroatoms. The Labute approximate surface area is 127 Å². The Balaban J connectivity index is 2.59. The summed E-state index contributed by atoms with van der Waals surface area (Å²) < 4.78 is 5.78. The maximum atomic E-state index is 11.2. The molecule has 0 bridgehead atoms. The van der Waals surface area contributed by atoms with Crippen LogP contribution in [0.1, 0.15) is 15.9 Å². The largest absolute Gasteiger partial charge is 0.478 e. The molecular weight excluding hydrogens is 344 g/mol. The van der Waals surface area contributed by atoms with Crippen LogP contribution in [0.5, 0.6) is 11.5 Å². The number of nitro groups is 1. The lowest BCUT2D eigenvalue weighted by atomic mass is 10.1. The van der Waals surface area contributed by atoms with E-state index < -0.39 is 10.9 Å². The van der Waals surface area contributed by atoms with E-state index in [1.807, 2.05) is 0 Å². The Morgan fingerprint density at radius 2 is 2.10 bits per heavy atom. The van der Waals surface area contributed by atoms with Gasteiger partial charge in [0.2, 0.25) is 5.75 Å². The highest BCUT2D eigenvalue weighted by atomic mass is 79.9. The highest BCUT2D eigenvalue weighted by molar-refractivity contribution is 9.10. The zero-order chi connectivity index (χ0) is 15.6. The van der Waals surface area contributed by atoms with Gasteiger partial charge in [-0.2, -0.15) is 0 Å². The fraction of sp³-hybridized carbons (Fsp3) is 0.0769. The number of nitrogens with zero attached hydrogens (tertiary/aromatic N) is 2. The van der Waals surface area contributed by atoms with Crippen molar-refractivity contribution >= 4 is 27.6 Å². The first-order valence-electron chi connectivity index (χ1n) is 5.70. The van der Waals surface area contributed by atoms with Crippen LogP contribution in [-0.2, 0) is 0 Å². The lowest BCUT2D eigenvalue weighted by Gasteiger charge is -2.12. The van der Waals surface area contributed by atoms with Gasteiger partial charge in [-0.05, 0) is 34.5 Å². The molecule has 0 aliphatic heterocycles. The van der Waals surface area contributed by atoms with Crippen LogP contribution in [0.2, 0.25) is 0 Å². The van der Waals surface area contributed by atoms with Crippen molar-refractivity contribution in [3.63, 3.8) is 0 Å². The monoisotopic (exact) mass is 352 g/mol. The second-order valence-electron chi connectivity index (χ2n) is 4.09. The van der Waals surface area contributed by atoms with Crippen molar-refractivity contribution in [2.45, 2.75) is 6.92 Å². The van der Waals surface area contributed by atoms with Crippen molar-refractivity contribution in [3.8, 4) is 11.5 Å². The maximum Gasteiger partial charge on any atom is 0.339 e. The van der Waals surface area contributed by atoms with Crippen molar-refractivity contribution in [1.82, 2.24) is 4.98 Å². The number of pyridine rings is 1. The quantitative estimate of drug-likeness (QED) is 0.666. The first-order valence-corrected chi connectivity index (χ1v) is 6.49. The average Bonchev–Trinajstić information content (AvgIpc) is 2.42. The van der Waals surface area contributed by atoms with Gasteiger partial charge in [-0.1, -0.05) is 12.1 Å². The van der Waals surface area contributed by atoms with E-state index in [0.717, 1.165) is 6.20 Å². The molecule has 21 heavy (non-hydrogen) atoms. The molecule has 2 rings (SSSR count). The van der Waals surface area contributed by atoms with Crippen LogP contribution >= 0.6 is 15.9 Å². The van der Waals surface area contributed by atoms with Crippen molar-refractivity contribution in [2.75, 3.05) is 0 Å². The number of carbonyl (C=O) groups is 1. The van der Waals surface area contributed by atoms with Crippen molar-refractivity contribution < 1.29 is 19.6 Å². The minimum atomic E-state index is -1.18. The maximum absolute atomic E-state index is 11.2. The normalized spacial score (nSPS) is 10.2. The topological polar surface area (TPSA) is 103 Å². The number of rotatable bonds is 4. The summed E-state index contributed by atoms with van der Waals surface area (Å²) in [6.07, 6.45) is 2.37. The molecule has 0 aliphatic carbocycles. The number of hydrogen-bond donors (Lipinski definition) is 1. The van der Waals surface area contributed by atoms with Gasteiger partial charge in [-0.25, -0.2) is 4.79 Å². The van der Waals surface area contributed by atoms with E-state index in [1.54, 1.807) is 19.1 Å². The third-order valence-corrected chi connectivity index (χ3v) is 3.24. The predicted octanol–water partition coefficient (Wildman–Crippen LogP) is 3.55. The highest BCUT2D eigenvalue weighted by Crippen LogP contribution is 2.39. The van der Waals surface area contributed by atoms with Crippen molar-refractivity contribution in [2.24, 2.45) is 0 Å². The third kappa shape index (κ3) is 3.00. The van der Waals surface area contributed by atoms with Gasteiger partial charge in [0.15, 0.2) is 0 Å². The number of halogens is 1. The predicted molar refractivity (Wildman–Crippen MR) is 76.8 cm³/mol. The van der Waals surface area contributed by atoms with Gasteiger partial charge in [0.05, 0.1) is 9.40 Å². The van der Waals surface area contributed by atoms with Crippen LogP contribution in [0.25, 0.3) is 0 Å². The number of aryl methyl sites for hydroxylation is 1. The zero-order valence-electron chi connectivity index (χ0n) is 10.7. The second-order valence-corrected chi connectivity index (χ2v) is 4.94. The molecular formula is C13H9BrN2O5. The van der Waals surface area contributed by atoms with Crippen LogP contribution in [-0.4, -0.2) is 21.0 Å². The number of benzene rings is 1. The summed E-state index contributed by atoms with van der Waals surface area (Å²) in [6.45, 7) is 1.66. The number of aromatic nitrogens is 1. The molecule has 0 unspecified atom stereocenters. The molecule has 1 N–H and O–H groups in total. The van der Waals surface area contributed by atoms with E-state index >= 15 is 0 Å². The van der Waals surface area contributed by atoms with E-state index in [0.29, 0.717) is 5.56 Å².